The van der Waals surface area contributed by atoms with Crippen LogP contribution in [0.3, 0.4) is 0 Å². The molecule has 0 saturated heterocycles. The molecule has 2 nitrogen and oxygen atoms in total. The van der Waals surface area contributed by atoms with E-state index in [0.717, 1.165) is 28.8 Å². The lowest BCUT2D eigenvalue weighted by molar-refractivity contribution is 0.104. The fourth-order valence-corrected chi connectivity index (χ4v) is 4.15. The SMILES string of the molecule is Cc1ccccc1Cn1cc(/C=C2\Cc3ccccc3C2=O)c2ccccc21. The summed E-state index contributed by atoms with van der Waals surface area (Å²) < 4.78 is 2.29. The Balaban J connectivity index is 1.58. The number of hydrogen-bond donors (Lipinski definition) is 0. The second kappa shape index (κ2) is 6.65. The van der Waals surface area contributed by atoms with Crippen molar-refractivity contribution in [1.82, 2.24) is 4.57 Å². The lowest BCUT2D eigenvalue weighted by atomic mass is 10.1. The quantitative estimate of drug-likeness (QED) is 0.420. The summed E-state index contributed by atoms with van der Waals surface area (Å²) in [6.07, 6.45) is 4.98. The summed E-state index contributed by atoms with van der Waals surface area (Å²) >= 11 is 0. The third-order valence-electron chi connectivity index (χ3n) is 5.69. The molecule has 0 N–H and O–H groups in total. The molecule has 0 amide bonds. The molecule has 0 radical (unpaired) electrons. The molecule has 0 atom stereocenters. The average molecular weight is 363 g/mol. The third-order valence-corrected chi connectivity index (χ3v) is 5.69. The molecule has 0 bridgehead atoms. The number of allylic oxidation sites excluding steroid dienone is 1. The highest BCUT2D eigenvalue weighted by molar-refractivity contribution is 6.16. The van der Waals surface area contributed by atoms with Crippen LogP contribution in [0.25, 0.3) is 17.0 Å². The van der Waals surface area contributed by atoms with Gasteiger partial charge in [-0.25, -0.2) is 0 Å². The number of Topliss-reactive ketones (excluding diaryl/α,β-unsaturated/α-hetero) is 1. The second-order valence-corrected chi connectivity index (χ2v) is 7.49. The van der Waals surface area contributed by atoms with Crippen molar-refractivity contribution in [2.45, 2.75) is 19.9 Å². The van der Waals surface area contributed by atoms with Crippen LogP contribution in [0.4, 0.5) is 0 Å². The van der Waals surface area contributed by atoms with Crippen LogP contribution in [0.5, 0.6) is 0 Å². The zero-order valence-corrected chi connectivity index (χ0v) is 15.9. The Hall–Kier alpha value is -3.39. The van der Waals surface area contributed by atoms with E-state index in [4.69, 9.17) is 0 Å². The van der Waals surface area contributed by atoms with Gasteiger partial charge in [-0.05, 0) is 35.8 Å². The van der Waals surface area contributed by atoms with Gasteiger partial charge in [0.05, 0.1) is 0 Å². The van der Waals surface area contributed by atoms with Crippen LogP contribution in [0.2, 0.25) is 0 Å². The van der Waals surface area contributed by atoms with Gasteiger partial charge in [0.15, 0.2) is 5.78 Å². The normalized spacial score (nSPS) is 14.8. The molecule has 0 spiro atoms. The zero-order valence-electron chi connectivity index (χ0n) is 15.9. The summed E-state index contributed by atoms with van der Waals surface area (Å²) in [4.78, 5) is 12.8. The minimum atomic E-state index is 0.159. The van der Waals surface area contributed by atoms with Crippen molar-refractivity contribution in [3.8, 4) is 0 Å². The molecule has 5 rings (SSSR count). The van der Waals surface area contributed by atoms with Crippen molar-refractivity contribution < 1.29 is 4.79 Å². The minimum absolute atomic E-state index is 0.159. The van der Waals surface area contributed by atoms with Gasteiger partial charge in [-0.3, -0.25) is 4.79 Å². The number of aryl methyl sites for hydroxylation is 1. The molecule has 136 valence electrons. The average Bonchev–Trinajstić information content (AvgIpc) is 3.22. The number of rotatable bonds is 3. The fourth-order valence-electron chi connectivity index (χ4n) is 4.15. The molecule has 1 aliphatic carbocycles. The van der Waals surface area contributed by atoms with E-state index >= 15 is 0 Å². The van der Waals surface area contributed by atoms with Gasteiger partial charge >= 0.3 is 0 Å². The van der Waals surface area contributed by atoms with Crippen molar-refractivity contribution in [2.75, 3.05) is 0 Å². The Bertz CT molecular complexity index is 1240. The predicted molar refractivity (Wildman–Crippen MR) is 115 cm³/mol. The van der Waals surface area contributed by atoms with Crippen molar-refractivity contribution in [3.63, 3.8) is 0 Å². The van der Waals surface area contributed by atoms with E-state index in [2.05, 4.69) is 78.4 Å². The first-order valence-electron chi connectivity index (χ1n) is 9.66. The number of ketones is 1. The first-order valence-corrected chi connectivity index (χ1v) is 9.66. The van der Waals surface area contributed by atoms with Gasteiger partial charge in [-0.15, -0.1) is 0 Å². The molecule has 0 fully saturated rings. The van der Waals surface area contributed by atoms with Gasteiger partial charge in [0.2, 0.25) is 0 Å². The van der Waals surface area contributed by atoms with E-state index in [9.17, 15) is 4.79 Å². The van der Waals surface area contributed by atoms with Gasteiger partial charge in [0.25, 0.3) is 0 Å². The molecule has 1 aromatic heterocycles. The molecule has 2 heteroatoms. The van der Waals surface area contributed by atoms with E-state index < -0.39 is 0 Å². The number of benzene rings is 3. The summed E-state index contributed by atoms with van der Waals surface area (Å²) in [7, 11) is 0. The summed E-state index contributed by atoms with van der Waals surface area (Å²) in [5.74, 6) is 0.159. The summed E-state index contributed by atoms with van der Waals surface area (Å²) in [6, 6.07) is 24.8. The monoisotopic (exact) mass is 363 g/mol. The number of fused-ring (bicyclic) bond motifs is 2. The van der Waals surface area contributed by atoms with Crippen molar-refractivity contribution in [3.05, 3.63) is 112 Å². The second-order valence-electron chi connectivity index (χ2n) is 7.49. The predicted octanol–water partition coefficient (Wildman–Crippen LogP) is 5.82. The van der Waals surface area contributed by atoms with Gasteiger partial charge in [0, 0.05) is 46.8 Å². The highest BCUT2D eigenvalue weighted by atomic mass is 16.1. The number of hydrogen-bond acceptors (Lipinski definition) is 1. The highest BCUT2D eigenvalue weighted by Gasteiger charge is 2.24. The van der Waals surface area contributed by atoms with Crippen LogP contribution in [-0.4, -0.2) is 10.4 Å². The largest absolute Gasteiger partial charge is 0.342 e. The molecule has 0 aliphatic heterocycles. The Morgan fingerprint density at radius 3 is 2.54 bits per heavy atom. The molecular formula is C26H21NO. The molecular weight excluding hydrogens is 342 g/mol. The summed E-state index contributed by atoms with van der Waals surface area (Å²) in [5.41, 5.74) is 7.76. The topological polar surface area (TPSA) is 22.0 Å². The lowest BCUT2D eigenvalue weighted by Crippen LogP contribution is -1.99. The molecule has 1 heterocycles. The van der Waals surface area contributed by atoms with Crippen LogP contribution in [-0.2, 0) is 13.0 Å². The number of para-hydroxylation sites is 1. The number of carbonyl (C=O) groups is 1. The molecule has 28 heavy (non-hydrogen) atoms. The zero-order chi connectivity index (χ0) is 19.1. The van der Waals surface area contributed by atoms with E-state index in [1.165, 1.54) is 22.0 Å². The van der Waals surface area contributed by atoms with Crippen LogP contribution >= 0.6 is 0 Å². The number of carbonyl (C=O) groups excluding carboxylic acids is 1. The maximum Gasteiger partial charge on any atom is 0.189 e. The van der Waals surface area contributed by atoms with Crippen LogP contribution in [0.15, 0.2) is 84.6 Å². The van der Waals surface area contributed by atoms with Gasteiger partial charge in [0.1, 0.15) is 0 Å². The molecule has 3 aromatic carbocycles. The Morgan fingerprint density at radius 2 is 1.68 bits per heavy atom. The van der Waals surface area contributed by atoms with Crippen LogP contribution in [0, 0.1) is 6.92 Å². The minimum Gasteiger partial charge on any atom is -0.342 e. The van der Waals surface area contributed by atoms with E-state index in [-0.39, 0.29) is 5.78 Å². The van der Waals surface area contributed by atoms with Gasteiger partial charge < -0.3 is 4.57 Å². The Morgan fingerprint density at radius 1 is 0.929 bits per heavy atom. The molecule has 4 aromatic rings. The first-order chi connectivity index (χ1) is 13.7. The molecule has 0 saturated carbocycles. The van der Waals surface area contributed by atoms with Crippen LogP contribution in [0.1, 0.15) is 32.6 Å². The Labute approximate surface area is 164 Å². The number of aromatic nitrogens is 1. The van der Waals surface area contributed by atoms with E-state index in [0.29, 0.717) is 6.42 Å². The van der Waals surface area contributed by atoms with Crippen molar-refractivity contribution in [2.24, 2.45) is 0 Å². The maximum absolute atomic E-state index is 12.8. The standard InChI is InChI=1S/C26H21NO/c1-18-8-2-3-10-20(18)16-27-17-22(23-11-6-7-13-25(23)27)15-21-14-19-9-4-5-12-24(19)26(21)28/h2-13,15,17H,14,16H2,1H3/b21-15+. The Kier molecular flexibility index (Phi) is 3.98. The molecule has 0 unspecified atom stereocenters. The fraction of sp³-hybridized carbons (Fsp3) is 0.115. The highest BCUT2D eigenvalue weighted by Crippen LogP contribution is 2.30. The smallest absolute Gasteiger partial charge is 0.189 e. The van der Waals surface area contributed by atoms with Crippen molar-refractivity contribution >= 4 is 22.8 Å². The summed E-state index contributed by atoms with van der Waals surface area (Å²) in [6.45, 7) is 2.98. The van der Waals surface area contributed by atoms with Crippen LogP contribution < -0.4 is 0 Å². The van der Waals surface area contributed by atoms with E-state index in [1.807, 2.05) is 18.2 Å². The first kappa shape index (κ1) is 16.8. The molecule has 1 aliphatic rings. The summed E-state index contributed by atoms with van der Waals surface area (Å²) in [5, 5.41) is 1.19. The maximum atomic E-state index is 12.8. The number of nitrogens with zero attached hydrogens (tertiary/aromatic N) is 1. The third kappa shape index (κ3) is 2.78. The van der Waals surface area contributed by atoms with E-state index in [1.54, 1.807) is 0 Å². The van der Waals surface area contributed by atoms with Crippen molar-refractivity contribution in [1.29, 1.82) is 0 Å². The lowest BCUT2D eigenvalue weighted by Gasteiger charge is -2.08. The van der Waals surface area contributed by atoms with Gasteiger partial charge in [-0.2, -0.15) is 0 Å². The van der Waals surface area contributed by atoms with Gasteiger partial charge in [-0.1, -0.05) is 66.7 Å².